The van der Waals surface area contributed by atoms with Crippen LogP contribution in [0.5, 0.6) is 5.75 Å². The van der Waals surface area contributed by atoms with Crippen molar-refractivity contribution >= 4 is 16.6 Å². The minimum Gasteiger partial charge on any atom is -0.406 e. The second-order valence-corrected chi connectivity index (χ2v) is 5.53. The largest absolute Gasteiger partial charge is 0.573 e. The highest BCUT2D eigenvalue weighted by Crippen LogP contribution is 2.26. The maximum absolute atomic E-state index is 13.3. The highest BCUT2D eigenvalue weighted by atomic mass is 19.4. The lowest BCUT2D eigenvalue weighted by Crippen LogP contribution is -2.17. The molecule has 3 aromatic rings. The second kappa shape index (κ2) is 7.17. The Balaban J connectivity index is 1.68. The average Bonchev–Trinajstić information content (AvgIpc) is 2.58. The summed E-state index contributed by atoms with van der Waals surface area (Å²) in [5.41, 5.74) is 1.56. The first-order valence-electron chi connectivity index (χ1n) is 7.64. The Labute approximate surface area is 146 Å². The molecule has 1 heterocycles. The van der Waals surface area contributed by atoms with E-state index >= 15 is 0 Å². The summed E-state index contributed by atoms with van der Waals surface area (Å²) in [6.07, 6.45) is -4.21. The van der Waals surface area contributed by atoms with Crippen molar-refractivity contribution in [1.29, 1.82) is 0 Å². The normalized spacial score (nSPS) is 12.8. The lowest BCUT2D eigenvalue weighted by Gasteiger charge is -2.15. The van der Waals surface area contributed by atoms with Crippen molar-refractivity contribution in [3.8, 4) is 5.75 Å². The molecule has 0 aliphatic carbocycles. The third kappa shape index (κ3) is 4.40. The summed E-state index contributed by atoms with van der Waals surface area (Å²) in [6.45, 7) is 0.107. The quantitative estimate of drug-likeness (QED) is 0.657. The molecule has 1 atom stereocenters. The number of nitrogens with zero attached hydrogens (tertiary/aromatic N) is 1. The molecule has 3 rings (SSSR count). The third-order valence-electron chi connectivity index (χ3n) is 3.69. The number of halogens is 4. The monoisotopic (exact) mass is 366 g/mol. The number of aliphatic hydroxyl groups is 1. The molecule has 0 saturated heterocycles. The minimum atomic E-state index is -4.76. The van der Waals surface area contributed by atoms with Crippen LogP contribution in [0.3, 0.4) is 0 Å². The van der Waals surface area contributed by atoms with Crippen molar-refractivity contribution in [2.24, 2.45) is 0 Å². The predicted molar refractivity (Wildman–Crippen MR) is 88.3 cm³/mol. The molecule has 4 nitrogen and oxygen atoms in total. The fraction of sp³-hybridized carbons (Fsp3) is 0.167. The highest BCUT2D eigenvalue weighted by Gasteiger charge is 2.31. The third-order valence-corrected chi connectivity index (χ3v) is 3.69. The molecule has 2 aromatic carbocycles. The van der Waals surface area contributed by atoms with Crippen LogP contribution in [0.4, 0.5) is 23.2 Å². The van der Waals surface area contributed by atoms with Crippen LogP contribution >= 0.6 is 0 Å². The van der Waals surface area contributed by atoms with Crippen LogP contribution in [0.25, 0.3) is 10.9 Å². The van der Waals surface area contributed by atoms with Crippen LogP contribution in [0, 0.1) is 5.82 Å². The van der Waals surface area contributed by atoms with Crippen LogP contribution in [0.1, 0.15) is 11.7 Å². The van der Waals surface area contributed by atoms with E-state index < -0.39 is 18.3 Å². The van der Waals surface area contributed by atoms with Gasteiger partial charge in [0.15, 0.2) is 0 Å². The van der Waals surface area contributed by atoms with E-state index in [9.17, 15) is 22.7 Å². The molecule has 0 radical (unpaired) electrons. The van der Waals surface area contributed by atoms with E-state index in [-0.39, 0.29) is 12.3 Å². The van der Waals surface area contributed by atoms with Gasteiger partial charge < -0.3 is 15.2 Å². The summed E-state index contributed by atoms with van der Waals surface area (Å²) in [5, 5.41) is 13.9. The van der Waals surface area contributed by atoms with Gasteiger partial charge in [-0.2, -0.15) is 0 Å². The van der Waals surface area contributed by atoms with Gasteiger partial charge in [0.25, 0.3) is 0 Å². The topological polar surface area (TPSA) is 54.4 Å². The number of alkyl halides is 3. The second-order valence-electron chi connectivity index (χ2n) is 5.53. The molecule has 136 valence electrons. The Morgan fingerprint density at radius 3 is 2.50 bits per heavy atom. The molecule has 0 bridgehead atoms. The first-order valence-corrected chi connectivity index (χ1v) is 7.64. The number of nitrogens with one attached hydrogen (secondary N) is 1. The number of hydrogen-bond acceptors (Lipinski definition) is 4. The van der Waals surface area contributed by atoms with Gasteiger partial charge in [-0.3, -0.25) is 4.98 Å². The van der Waals surface area contributed by atoms with Crippen molar-refractivity contribution in [1.82, 2.24) is 4.98 Å². The van der Waals surface area contributed by atoms with Crippen LogP contribution in [0.15, 0.2) is 54.7 Å². The fourth-order valence-corrected chi connectivity index (χ4v) is 2.49. The highest BCUT2D eigenvalue weighted by molar-refractivity contribution is 5.90. The maximum atomic E-state index is 13.3. The minimum absolute atomic E-state index is 0.107. The molecule has 0 amide bonds. The zero-order chi connectivity index (χ0) is 18.7. The molecular formula is C18H14F4N2O2. The van der Waals surface area contributed by atoms with E-state index in [1.165, 1.54) is 30.5 Å². The van der Waals surface area contributed by atoms with Crippen molar-refractivity contribution in [2.45, 2.75) is 12.5 Å². The van der Waals surface area contributed by atoms with Gasteiger partial charge in [0, 0.05) is 29.9 Å². The molecule has 0 fully saturated rings. The number of anilines is 1. The summed E-state index contributed by atoms with van der Waals surface area (Å²) in [4.78, 5) is 4.08. The zero-order valence-corrected chi connectivity index (χ0v) is 13.3. The summed E-state index contributed by atoms with van der Waals surface area (Å²) < 4.78 is 53.5. The van der Waals surface area contributed by atoms with E-state index in [0.29, 0.717) is 22.2 Å². The van der Waals surface area contributed by atoms with Gasteiger partial charge >= 0.3 is 6.36 Å². The van der Waals surface area contributed by atoms with Gasteiger partial charge in [0.05, 0.1) is 11.6 Å². The number of fused-ring (bicyclic) bond motifs is 1. The molecule has 26 heavy (non-hydrogen) atoms. The van der Waals surface area contributed by atoms with E-state index in [0.717, 1.165) is 12.1 Å². The number of aliphatic hydroxyl groups excluding tert-OH is 1. The van der Waals surface area contributed by atoms with Crippen LogP contribution in [0.2, 0.25) is 0 Å². The molecule has 1 aromatic heterocycles. The van der Waals surface area contributed by atoms with Crippen molar-refractivity contribution < 1.29 is 27.4 Å². The number of ether oxygens (including phenoxy) is 1. The van der Waals surface area contributed by atoms with Gasteiger partial charge in [-0.15, -0.1) is 13.2 Å². The zero-order valence-electron chi connectivity index (χ0n) is 13.3. The van der Waals surface area contributed by atoms with Gasteiger partial charge in [-0.1, -0.05) is 12.1 Å². The summed E-state index contributed by atoms with van der Waals surface area (Å²) in [5.74, 6) is -0.757. The van der Waals surface area contributed by atoms with Gasteiger partial charge in [0.1, 0.15) is 11.6 Å². The van der Waals surface area contributed by atoms with Crippen molar-refractivity contribution in [3.05, 3.63) is 66.1 Å². The van der Waals surface area contributed by atoms with Gasteiger partial charge in [-0.05, 0) is 35.9 Å². The number of rotatable bonds is 5. The van der Waals surface area contributed by atoms with E-state index in [1.807, 2.05) is 0 Å². The molecule has 0 aliphatic rings. The standard InChI is InChI=1S/C18H14F4N2O2/c19-12-3-6-14-15(7-8-23-16(14)9-12)24-10-17(25)11-1-4-13(5-2-11)26-18(20,21)22/h1-9,17,25H,10H2,(H,23,24). The lowest BCUT2D eigenvalue weighted by molar-refractivity contribution is -0.274. The van der Waals surface area contributed by atoms with E-state index in [1.54, 1.807) is 12.1 Å². The summed E-state index contributed by atoms with van der Waals surface area (Å²) in [6, 6.07) is 10.9. The van der Waals surface area contributed by atoms with Gasteiger partial charge in [-0.25, -0.2) is 4.39 Å². The van der Waals surface area contributed by atoms with Crippen molar-refractivity contribution in [2.75, 3.05) is 11.9 Å². The Bertz CT molecular complexity index is 898. The number of pyridine rings is 1. The Hall–Kier alpha value is -2.87. The number of hydrogen-bond donors (Lipinski definition) is 2. The number of aromatic nitrogens is 1. The SMILES string of the molecule is OC(CNc1ccnc2cc(F)ccc12)c1ccc(OC(F)(F)F)cc1. The van der Waals surface area contributed by atoms with Crippen LogP contribution in [-0.2, 0) is 0 Å². The lowest BCUT2D eigenvalue weighted by atomic mass is 10.1. The van der Waals surface area contributed by atoms with E-state index in [2.05, 4.69) is 15.0 Å². The summed E-state index contributed by atoms with van der Waals surface area (Å²) >= 11 is 0. The molecule has 8 heteroatoms. The Morgan fingerprint density at radius 1 is 1.08 bits per heavy atom. The predicted octanol–water partition coefficient (Wildman–Crippen LogP) is 4.42. The molecule has 2 N–H and O–H groups in total. The first-order chi connectivity index (χ1) is 12.3. The van der Waals surface area contributed by atoms with Crippen molar-refractivity contribution in [3.63, 3.8) is 0 Å². The van der Waals surface area contributed by atoms with E-state index in [4.69, 9.17) is 0 Å². The smallest absolute Gasteiger partial charge is 0.406 e. The first kappa shape index (κ1) is 17.9. The molecule has 0 spiro atoms. The Morgan fingerprint density at radius 2 is 1.81 bits per heavy atom. The molecule has 0 saturated carbocycles. The molecule has 1 unspecified atom stereocenters. The van der Waals surface area contributed by atoms with Crippen LogP contribution < -0.4 is 10.1 Å². The average molecular weight is 366 g/mol. The number of benzene rings is 2. The van der Waals surface area contributed by atoms with Crippen LogP contribution in [-0.4, -0.2) is 23.0 Å². The maximum Gasteiger partial charge on any atom is 0.573 e. The Kier molecular flexibility index (Phi) is 4.94. The van der Waals surface area contributed by atoms with Gasteiger partial charge in [0.2, 0.25) is 0 Å². The summed E-state index contributed by atoms with van der Waals surface area (Å²) in [7, 11) is 0. The molecular weight excluding hydrogens is 352 g/mol. The fourth-order valence-electron chi connectivity index (χ4n) is 2.49. The molecule has 0 aliphatic heterocycles.